The Balaban J connectivity index is 0. The van der Waals surface area contributed by atoms with Gasteiger partial charge in [-0.3, -0.25) is 0 Å². The Labute approximate surface area is 205 Å². The summed E-state index contributed by atoms with van der Waals surface area (Å²) in [6.45, 7) is 3.89. The van der Waals surface area contributed by atoms with E-state index in [9.17, 15) is 39.6 Å². The third-order valence-electron chi connectivity index (χ3n) is 4.47. The maximum absolute atomic E-state index is 11.4. The Bertz CT molecular complexity index is 614. The molecule has 0 amide bonds. The van der Waals surface area contributed by atoms with Gasteiger partial charge in [0.25, 0.3) is 0 Å². The van der Waals surface area contributed by atoms with Gasteiger partial charge in [0.2, 0.25) is 0 Å². The van der Waals surface area contributed by atoms with Crippen molar-refractivity contribution in [2.24, 2.45) is 0 Å². The number of ether oxygens (including phenoxy) is 2. The van der Waals surface area contributed by atoms with Crippen LogP contribution in [0.4, 0.5) is 0 Å². The first-order valence-corrected chi connectivity index (χ1v) is 10.9. The zero-order valence-electron chi connectivity index (χ0n) is 19.8. The molecule has 0 radical (unpaired) electrons. The molecule has 0 aliphatic rings. The minimum Gasteiger partial charge on any atom is -0.479 e. The van der Waals surface area contributed by atoms with Crippen LogP contribution < -0.4 is 0 Å². The highest BCUT2D eigenvalue weighted by molar-refractivity contribution is 5.77. The van der Waals surface area contributed by atoms with Gasteiger partial charge in [-0.2, -0.15) is 0 Å². The SMILES string of the molecule is CCCCOC(=O)[C@@H](O)[C@H](O)[C@H](O)[C@@H](O)C(=O)OCCCC.O=C(O)[C@@H](O)[C@H](O)[C@H](O)[C@@H](O)C(=O)O. The molecule has 10 N–H and O–H groups in total. The standard InChI is InChI=1S/C14H26O8.C6H10O8/c1-3-5-7-21-13(19)11(17)9(15)10(16)12(18)14(20)22-8-6-4-2;7-1(3(9)5(11)12)2(8)4(10)6(13)14/h9-12,15-18H,3-8H2,1-2H3;1-4,7-10H,(H,11,12)(H,13,14)/t9-,10+,11+,12-;1-,2+,3+,4-. The molecule has 0 fully saturated rings. The lowest BCUT2D eigenvalue weighted by Gasteiger charge is -2.24. The molecular weight excluding hydrogens is 496 g/mol. The minimum atomic E-state index is -2.36. The number of carboxylic acid groups (broad SMARTS) is 2. The Morgan fingerprint density at radius 1 is 0.528 bits per heavy atom. The summed E-state index contributed by atoms with van der Waals surface area (Å²) in [5, 5.41) is 89.8. The van der Waals surface area contributed by atoms with Crippen molar-refractivity contribution >= 4 is 23.9 Å². The average Bonchev–Trinajstić information content (AvgIpc) is 2.85. The fraction of sp³-hybridized carbons (Fsp3) is 0.800. The maximum atomic E-state index is 11.4. The molecule has 0 aromatic heterocycles. The molecule has 0 aromatic rings. The number of rotatable bonds is 16. The second kappa shape index (κ2) is 18.8. The van der Waals surface area contributed by atoms with E-state index >= 15 is 0 Å². The first-order valence-electron chi connectivity index (χ1n) is 10.9. The molecule has 8 atom stereocenters. The van der Waals surface area contributed by atoms with E-state index in [0.29, 0.717) is 12.8 Å². The lowest BCUT2D eigenvalue weighted by Crippen LogP contribution is -2.50. The van der Waals surface area contributed by atoms with Crippen molar-refractivity contribution in [2.75, 3.05) is 13.2 Å². The number of carbonyl (C=O) groups is 4. The van der Waals surface area contributed by atoms with Gasteiger partial charge in [0.1, 0.15) is 24.4 Å². The molecule has 16 heteroatoms. The molecule has 0 aliphatic heterocycles. The minimum absolute atomic E-state index is 0.0663. The highest BCUT2D eigenvalue weighted by Crippen LogP contribution is 2.09. The summed E-state index contributed by atoms with van der Waals surface area (Å²) in [4.78, 5) is 43.0. The van der Waals surface area contributed by atoms with Crippen LogP contribution in [0.15, 0.2) is 0 Å². The Morgan fingerprint density at radius 2 is 0.778 bits per heavy atom. The van der Waals surface area contributed by atoms with Gasteiger partial charge in [-0.25, -0.2) is 19.2 Å². The molecule has 0 saturated carbocycles. The van der Waals surface area contributed by atoms with Crippen molar-refractivity contribution in [2.45, 2.75) is 88.4 Å². The van der Waals surface area contributed by atoms with E-state index < -0.39 is 72.7 Å². The third kappa shape index (κ3) is 13.0. The summed E-state index contributed by atoms with van der Waals surface area (Å²) in [6.07, 6.45) is -14.8. The van der Waals surface area contributed by atoms with Gasteiger partial charge in [0, 0.05) is 0 Å². The largest absolute Gasteiger partial charge is 0.479 e. The van der Waals surface area contributed by atoms with E-state index in [1.54, 1.807) is 0 Å². The number of carboxylic acids is 2. The van der Waals surface area contributed by atoms with Crippen molar-refractivity contribution in [1.29, 1.82) is 0 Å². The lowest BCUT2D eigenvalue weighted by molar-refractivity contribution is -0.179. The van der Waals surface area contributed by atoms with Crippen molar-refractivity contribution < 1.29 is 79.7 Å². The van der Waals surface area contributed by atoms with Gasteiger partial charge in [0.05, 0.1) is 13.2 Å². The van der Waals surface area contributed by atoms with Gasteiger partial charge >= 0.3 is 23.9 Å². The average molecular weight is 532 g/mol. The van der Waals surface area contributed by atoms with Crippen LogP contribution >= 0.6 is 0 Å². The maximum Gasteiger partial charge on any atom is 0.337 e. The van der Waals surface area contributed by atoms with Crippen molar-refractivity contribution in [3.05, 3.63) is 0 Å². The van der Waals surface area contributed by atoms with Crippen LogP contribution in [0.1, 0.15) is 39.5 Å². The van der Waals surface area contributed by atoms with Gasteiger partial charge in [-0.05, 0) is 12.8 Å². The van der Waals surface area contributed by atoms with Crippen LogP contribution in [0, 0.1) is 0 Å². The summed E-state index contributed by atoms with van der Waals surface area (Å²) >= 11 is 0. The number of esters is 2. The van der Waals surface area contributed by atoms with E-state index in [2.05, 4.69) is 9.47 Å². The van der Waals surface area contributed by atoms with E-state index in [1.807, 2.05) is 13.8 Å². The van der Waals surface area contributed by atoms with E-state index in [0.717, 1.165) is 12.8 Å². The molecule has 0 unspecified atom stereocenters. The van der Waals surface area contributed by atoms with Crippen molar-refractivity contribution in [3.8, 4) is 0 Å². The normalized spacial score (nSPS) is 17.6. The molecule has 212 valence electrons. The van der Waals surface area contributed by atoms with Gasteiger partial charge in [-0.15, -0.1) is 0 Å². The third-order valence-corrected chi connectivity index (χ3v) is 4.47. The quantitative estimate of drug-likeness (QED) is 0.0664. The molecule has 16 nitrogen and oxygen atoms in total. The topological polar surface area (TPSA) is 289 Å². The highest BCUT2D eigenvalue weighted by atomic mass is 16.6. The molecular formula is C20H36O16. The summed E-state index contributed by atoms with van der Waals surface area (Å²) in [5.74, 6) is -5.94. The Kier molecular flexibility index (Phi) is 18.6. The van der Waals surface area contributed by atoms with Crippen molar-refractivity contribution in [1.82, 2.24) is 0 Å². The number of unbranched alkanes of at least 4 members (excludes halogenated alkanes) is 2. The number of aliphatic hydroxyl groups is 8. The predicted molar refractivity (Wildman–Crippen MR) is 115 cm³/mol. The molecule has 36 heavy (non-hydrogen) atoms. The molecule has 0 spiro atoms. The first kappa shape index (κ1) is 35.7. The van der Waals surface area contributed by atoms with Crippen molar-refractivity contribution in [3.63, 3.8) is 0 Å². The summed E-state index contributed by atoms with van der Waals surface area (Å²) in [5.41, 5.74) is 0. The van der Waals surface area contributed by atoms with Gasteiger partial charge in [-0.1, -0.05) is 26.7 Å². The summed E-state index contributed by atoms with van der Waals surface area (Å²) in [6, 6.07) is 0. The van der Waals surface area contributed by atoms with E-state index in [-0.39, 0.29) is 13.2 Å². The predicted octanol–water partition coefficient (Wildman–Crippen LogP) is -4.28. The number of hydrogen-bond donors (Lipinski definition) is 10. The molecule has 0 saturated heterocycles. The second-order valence-electron chi connectivity index (χ2n) is 7.46. The smallest absolute Gasteiger partial charge is 0.337 e. The van der Waals surface area contributed by atoms with E-state index in [4.69, 9.17) is 30.6 Å². The van der Waals surface area contributed by atoms with Gasteiger partial charge in [0.15, 0.2) is 24.4 Å². The summed E-state index contributed by atoms with van der Waals surface area (Å²) < 4.78 is 9.35. The van der Waals surface area contributed by atoms with E-state index in [1.165, 1.54) is 0 Å². The van der Waals surface area contributed by atoms with Crippen LogP contribution in [0.2, 0.25) is 0 Å². The number of carbonyl (C=O) groups excluding carboxylic acids is 2. The molecule has 0 aliphatic carbocycles. The number of aliphatic hydroxyl groups excluding tert-OH is 8. The molecule has 0 aromatic carbocycles. The van der Waals surface area contributed by atoms with Crippen LogP contribution in [0.5, 0.6) is 0 Å². The molecule has 0 heterocycles. The monoisotopic (exact) mass is 532 g/mol. The Hall–Kier alpha value is -2.44. The number of hydrogen-bond acceptors (Lipinski definition) is 14. The zero-order valence-corrected chi connectivity index (χ0v) is 19.8. The zero-order chi connectivity index (χ0) is 28.6. The fourth-order valence-corrected chi connectivity index (χ4v) is 2.12. The molecule has 0 bridgehead atoms. The number of aliphatic carboxylic acids is 2. The van der Waals surface area contributed by atoms with Crippen LogP contribution in [0.3, 0.4) is 0 Å². The summed E-state index contributed by atoms with van der Waals surface area (Å²) in [7, 11) is 0. The second-order valence-corrected chi connectivity index (χ2v) is 7.46. The highest BCUT2D eigenvalue weighted by Gasteiger charge is 2.39. The molecule has 0 rings (SSSR count). The fourth-order valence-electron chi connectivity index (χ4n) is 2.12. The lowest BCUT2D eigenvalue weighted by atomic mass is 10.0. The first-order chi connectivity index (χ1) is 16.6. The Morgan fingerprint density at radius 3 is 1.00 bits per heavy atom. The van der Waals surface area contributed by atoms with Crippen LogP contribution in [-0.4, -0.2) is 137 Å². The van der Waals surface area contributed by atoms with Crippen LogP contribution in [-0.2, 0) is 28.7 Å². The van der Waals surface area contributed by atoms with Crippen LogP contribution in [0.25, 0.3) is 0 Å². The van der Waals surface area contributed by atoms with Gasteiger partial charge < -0.3 is 60.5 Å².